The maximum atomic E-state index is 12.6. The first-order valence-corrected chi connectivity index (χ1v) is 9.08. The molecule has 3 aromatic rings. The summed E-state index contributed by atoms with van der Waals surface area (Å²) in [6.45, 7) is 3.74. The number of para-hydroxylation sites is 1. The molecule has 3 rings (SSSR count). The molecule has 0 fully saturated rings. The zero-order valence-electron chi connectivity index (χ0n) is 12.4. The van der Waals surface area contributed by atoms with Gasteiger partial charge in [-0.25, -0.2) is 4.98 Å². The highest BCUT2D eigenvalue weighted by Gasteiger charge is 2.21. The molecule has 118 valence electrons. The zero-order valence-corrected chi connectivity index (χ0v) is 16.1. The van der Waals surface area contributed by atoms with Crippen molar-refractivity contribution in [3.8, 4) is 0 Å². The van der Waals surface area contributed by atoms with E-state index in [1.165, 1.54) is 11.3 Å². The summed E-state index contributed by atoms with van der Waals surface area (Å²) < 4.78 is 0.964. The molecule has 4 nitrogen and oxygen atoms in total. The molecule has 23 heavy (non-hydrogen) atoms. The summed E-state index contributed by atoms with van der Waals surface area (Å²) >= 11 is 9.72. The van der Waals surface area contributed by atoms with Gasteiger partial charge < -0.3 is 11.1 Å². The molecular formula is C16H13ClIN3OS. The van der Waals surface area contributed by atoms with Crippen LogP contribution in [0.25, 0.3) is 10.2 Å². The number of fused-ring (bicyclic) bond motifs is 1. The molecule has 0 aliphatic carbocycles. The van der Waals surface area contributed by atoms with Crippen LogP contribution in [0.4, 0.5) is 11.4 Å². The fraction of sp³-hybridized carbons (Fsp3) is 0.125. The molecule has 2 heterocycles. The Labute approximate surface area is 156 Å². The van der Waals surface area contributed by atoms with Crippen molar-refractivity contribution in [3.05, 3.63) is 49.0 Å². The topological polar surface area (TPSA) is 68.0 Å². The van der Waals surface area contributed by atoms with Crippen LogP contribution in [-0.2, 0) is 0 Å². The van der Waals surface area contributed by atoms with Crippen molar-refractivity contribution in [3.63, 3.8) is 0 Å². The minimum Gasteiger partial charge on any atom is -0.397 e. The molecule has 2 aromatic heterocycles. The van der Waals surface area contributed by atoms with Crippen LogP contribution in [0.15, 0.2) is 24.3 Å². The van der Waals surface area contributed by atoms with Crippen molar-refractivity contribution in [1.29, 1.82) is 0 Å². The number of carbonyl (C=O) groups excluding carboxylic acids is 1. The van der Waals surface area contributed by atoms with E-state index in [1.807, 2.05) is 38.1 Å². The Morgan fingerprint density at radius 3 is 2.74 bits per heavy atom. The number of carbonyl (C=O) groups is 1. The fourth-order valence-corrected chi connectivity index (χ4v) is 4.12. The number of hydrogen-bond acceptors (Lipinski definition) is 4. The van der Waals surface area contributed by atoms with E-state index < -0.39 is 0 Å². The number of nitrogens with two attached hydrogens (primary N) is 1. The van der Waals surface area contributed by atoms with E-state index in [-0.39, 0.29) is 5.91 Å². The minimum absolute atomic E-state index is 0.234. The molecule has 0 atom stereocenters. The maximum absolute atomic E-state index is 12.6. The third kappa shape index (κ3) is 2.90. The van der Waals surface area contributed by atoms with Crippen molar-refractivity contribution < 1.29 is 4.79 Å². The number of pyridine rings is 1. The fourth-order valence-electron chi connectivity index (χ4n) is 2.37. The van der Waals surface area contributed by atoms with Crippen molar-refractivity contribution in [1.82, 2.24) is 4.98 Å². The quantitative estimate of drug-likeness (QED) is 0.532. The van der Waals surface area contributed by atoms with Crippen LogP contribution < -0.4 is 11.1 Å². The summed E-state index contributed by atoms with van der Waals surface area (Å²) in [5, 5.41) is 4.25. The predicted molar refractivity (Wildman–Crippen MR) is 106 cm³/mol. The highest BCUT2D eigenvalue weighted by molar-refractivity contribution is 14.1. The first-order valence-electron chi connectivity index (χ1n) is 6.80. The second kappa shape index (κ2) is 6.26. The highest BCUT2D eigenvalue weighted by atomic mass is 127. The Bertz CT molecular complexity index is 939. The second-order valence-electron chi connectivity index (χ2n) is 5.10. The number of rotatable bonds is 2. The molecule has 0 bridgehead atoms. The number of benzene rings is 1. The number of aromatic nitrogens is 1. The number of aryl methyl sites for hydroxylation is 2. The van der Waals surface area contributed by atoms with Gasteiger partial charge in [0.15, 0.2) is 0 Å². The Hall–Kier alpha value is -1.38. The molecule has 0 radical (unpaired) electrons. The first kappa shape index (κ1) is 16.5. The van der Waals surface area contributed by atoms with Crippen molar-refractivity contribution in [2.75, 3.05) is 11.1 Å². The SMILES string of the molecule is Cc1nc2sc(C(=O)Nc3ccccc3I)c(N)c2c(C)c1Cl. The normalized spacial score (nSPS) is 11.0. The smallest absolute Gasteiger partial charge is 0.267 e. The lowest BCUT2D eigenvalue weighted by molar-refractivity contribution is 0.103. The van der Waals surface area contributed by atoms with Gasteiger partial charge in [0, 0.05) is 8.96 Å². The monoisotopic (exact) mass is 457 g/mol. The largest absolute Gasteiger partial charge is 0.397 e. The van der Waals surface area contributed by atoms with Gasteiger partial charge in [-0.05, 0) is 54.1 Å². The van der Waals surface area contributed by atoms with Crippen LogP contribution >= 0.6 is 45.5 Å². The standard InChI is InChI=1S/C16H13ClIN3OS/c1-7-11-13(19)14(23-16(11)20-8(2)12(7)17)15(22)21-10-6-4-3-5-9(10)18/h3-6H,19H2,1-2H3,(H,21,22). The predicted octanol–water partition coefficient (Wildman–Crippen LogP) is 5.01. The van der Waals surface area contributed by atoms with Gasteiger partial charge in [-0.1, -0.05) is 23.7 Å². The minimum atomic E-state index is -0.234. The van der Waals surface area contributed by atoms with Crippen molar-refractivity contribution in [2.45, 2.75) is 13.8 Å². The van der Waals surface area contributed by atoms with Crippen LogP contribution in [0, 0.1) is 17.4 Å². The van der Waals surface area contributed by atoms with E-state index in [9.17, 15) is 4.79 Å². The number of hydrogen-bond donors (Lipinski definition) is 2. The van der Waals surface area contributed by atoms with E-state index in [0.29, 0.717) is 15.6 Å². The van der Waals surface area contributed by atoms with Crippen LogP contribution in [0.2, 0.25) is 5.02 Å². The van der Waals surface area contributed by atoms with Crippen LogP contribution in [-0.4, -0.2) is 10.9 Å². The summed E-state index contributed by atoms with van der Waals surface area (Å²) in [5.41, 5.74) is 8.99. The summed E-state index contributed by atoms with van der Waals surface area (Å²) in [6, 6.07) is 7.58. The van der Waals surface area contributed by atoms with Crippen molar-refractivity contribution >= 4 is 73.0 Å². The molecular weight excluding hydrogens is 445 g/mol. The van der Waals surface area contributed by atoms with E-state index in [2.05, 4.69) is 32.9 Å². The average Bonchev–Trinajstić information content (AvgIpc) is 2.84. The first-order chi connectivity index (χ1) is 10.9. The maximum Gasteiger partial charge on any atom is 0.267 e. The number of nitrogens with one attached hydrogen (secondary N) is 1. The molecule has 1 amide bonds. The third-order valence-electron chi connectivity index (χ3n) is 3.55. The van der Waals surface area contributed by atoms with Gasteiger partial charge in [-0.2, -0.15) is 0 Å². The highest BCUT2D eigenvalue weighted by Crippen LogP contribution is 2.38. The number of nitrogens with zero attached hydrogens (tertiary/aromatic N) is 1. The molecule has 0 unspecified atom stereocenters. The second-order valence-corrected chi connectivity index (χ2v) is 7.63. The number of anilines is 2. The number of amides is 1. The number of nitrogen functional groups attached to an aromatic ring is 1. The van der Waals surface area contributed by atoms with Crippen molar-refractivity contribution in [2.24, 2.45) is 0 Å². The van der Waals surface area contributed by atoms with Gasteiger partial charge in [0.2, 0.25) is 0 Å². The molecule has 1 aromatic carbocycles. The van der Waals surface area contributed by atoms with Gasteiger partial charge in [-0.15, -0.1) is 11.3 Å². The van der Waals surface area contributed by atoms with Gasteiger partial charge in [-0.3, -0.25) is 4.79 Å². The third-order valence-corrected chi connectivity index (χ3v) is 6.14. The van der Waals surface area contributed by atoms with Crippen LogP contribution in [0.1, 0.15) is 20.9 Å². The summed E-state index contributed by atoms with van der Waals surface area (Å²) in [4.78, 5) is 18.2. The summed E-state index contributed by atoms with van der Waals surface area (Å²) in [6.07, 6.45) is 0. The van der Waals surface area contributed by atoms with Crippen LogP contribution in [0.5, 0.6) is 0 Å². The lowest BCUT2D eigenvalue weighted by Gasteiger charge is -2.06. The summed E-state index contributed by atoms with van der Waals surface area (Å²) in [5.74, 6) is -0.234. The molecule has 0 aliphatic heterocycles. The van der Waals surface area contributed by atoms with Gasteiger partial charge >= 0.3 is 0 Å². The Balaban J connectivity index is 2.07. The van der Waals surface area contributed by atoms with E-state index in [1.54, 1.807) is 0 Å². The molecule has 0 aliphatic rings. The zero-order chi connectivity index (χ0) is 16.7. The Kier molecular flexibility index (Phi) is 4.48. The van der Waals surface area contributed by atoms with Gasteiger partial charge in [0.25, 0.3) is 5.91 Å². The van der Waals surface area contributed by atoms with E-state index in [0.717, 1.165) is 30.7 Å². The molecule has 3 N–H and O–H groups in total. The molecule has 7 heteroatoms. The molecule has 0 saturated heterocycles. The molecule has 0 spiro atoms. The summed E-state index contributed by atoms with van der Waals surface area (Å²) in [7, 11) is 0. The van der Waals surface area contributed by atoms with E-state index in [4.69, 9.17) is 17.3 Å². The Morgan fingerprint density at radius 1 is 1.35 bits per heavy atom. The van der Waals surface area contributed by atoms with Gasteiger partial charge in [0.05, 0.1) is 22.1 Å². The number of thiophene rings is 1. The number of halogens is 2. The lowest BCUT2D eigenvalue weighted by atomic mass is 10.1. The lowest BCUT2D eigenvalue weighted by Crippen LogP contribution is -2.12. The van der Waals surface area contributed by atoms with Crippen LogP contribution in [0.3, 0.4) is 0 Å². The molecule has 0 saturated carbocycles. The average molecular weight is 458 g/mol. The Morgan fingerprint density at radius 2 is 2.04 bits per heavy atom. The van der Waals surface area contributed by atoms with Gasteiger partial charge in [0.1, 0.15) is 9.71 Å². The van der Waals surface area contributed by atoms with E-state index >= 15 is 0 Å².